The molecule has 4 nitrogen and oxygen atoms in total. The minimum Gasteiger partial charge on any atom is -0.376 e. The fourth-order valence-corrected chi connectivity index (χ4v) is 1.11. The Labute approximate surface area is 84.7 Å². The van der Waals surface area contributed by atoms with E-state index in [0.717, 1.165) is 13.0 Å². The molecular weight excluding hydrogens is 176 g/mol. The molecule has 0 aliphatic carbocycles. The number of rotatable bonds is 5. The molecule has 0 aromatic rings. The van der Waals surface area contributed by atoms with Crippen molar-refractivity contribution in [1.82, 2.24) is 15.8 Å². The first kappa shape index (κ1) is 10.4. The fourth-order valence-electron chi connectivity index (χ4n) is 1.11. The molecule has 0 saturated carbocycles. The maximum absolute atomic E-state index is 3.83. The van der Waals surface area contributed by atoms with E-state index in [1.807, 2.05) is 24.3 Å². The Hall–Kier alpha value is -1.71. The number of allylic oxidation sites excluding steroid dienone is 2. The lowest BCUT2D eigenvalue weighted by molar-refractivity contribution is 0.357. The van der Waals surface area contributed by atoms with Crippen LogP contribution in [-0.2, 0) is 0 Å². The molecule has 0 atom stereocenters. The van der Waals surface area contributed by atoms with Crippen molar-refractivity contribution in [3.63, 3.8) is 0 Å². The van der Waals surface area contributed by atoms with Gasteiger partial charge in [-0.1, -0.05) is 6.58 Å². The van der Waals surface area contributed by atoms with Gasteiger partial charge in [0.15, 0.2) is 0 Å². The van der Waals surface area contributed by atoms with Crippen LogP contribution in [0, 0.1) is 0 Å². The van der Waals surface area contributed by atoms with Crippen LogP contribution in [0.4, 0.5) is 0 Å². The first-order valence-electron chi connectivity index (χ1n) is 4.55. The SMILES string of the molecule is C=C/N=C/NCCC1=CC=CN(C)N1. The zero-order chi connectivity index (χ0) is 10.2. The molecule has 0 bridgehead atoms. The zero-order valence-electron chi connectivity index (χ0n) is 8.40. The van der Waals surface area contributed by atoms with Crippen molar-refractivity contribution in [3.05, 3.63) is 36.8 Å². The highest BCUT2D eigenvalue weighted by atomic mass is 15.5. The molecule has 1 aliphatic heterocycles. The van der Waals surface area contributed by atoms with Crippen molar-refractivity contribution in [2.24, 2.45) is 4.99 Å². The quantitative estimate of drug-likeness (QED) is 0.387. The number of hydrogen-bond acceptors (Lipinski definition) is 3. The van der Waals surface area contributed by atoms with E-state index in [1.54, 1.807) is 6.34 Å². The van der Waals surface area contributed by atoms with Crippen molar-refractivity contribution in [2.75, 3.05) is 13.6 Å². The second-order valence-corrected chi connectivity index (χ2v) is 2.92. The Morgan fingerprint density at radius 2 is 2.57 bits per heavy atom. The summed E-state index contributed by atoms with van der Waals surface area (Å²) < 4.78 is 0. The van der Waals surface area contributed by atoms with Crippen LogP contribution >= 0.6 is 0 Å². The van der Waals surface area contributed by atoms with E-state index in [-0.39, 0.29) is 0 Å². The lowest BCUT2D eigenvalue weighted by Crippen LogP contribution is -2.32. The molecule has 0 aromatic carbocycles. The van der Waals surface area contributed by atoms with Crippen molar-refractivity contribution in [3.8, 4) is 0 Å². The number of hydrogen-bond donors (Lipinski definition) is 2. The molecule has 0 unspecified atom stereocenters. The first-order valence-corrected chi connectivity index (χ1v) is 4.55. The van der Waals surface area contributed by atoms with E-state index in [2.05, 4.69) is 28.4 Å². The molecule has 4 heteroatoms. The summed E-state index contributed by atoms with van der Waals surface area (Å²) in [7, 11) is 1.97. The molecule has 1 heterocycles. The van der Waals surface area contributed by atoms with Gasteiger partial charge in [-0.3, -0.25) is 5.01 Å². The molecule has 2 N–H and O–H groups in total. The molecule has 1 aliphatic rings. The predicted octanol–water partition coefficient (Wildman–Crippen LogP) is 0.985. The Morgan fingerprint density at radius 1 is 1.71 bits per heavy atom. The van der Waals surface area contributed by atoms with E-state index in [9.17, 15) is 0 Å². The number of aliphatic imine (C=N–C) groups is 1. The van der Waals surface area contributed by atoms with E-state index in [0.29, 0.717) is 0 Å². The number of hydrazine groups is 1. The number of nitrogens with one attached hydrogen (secondary N) is 2. The van der Waals surface area contributed by atoms with E-state index >= 15 is 0 Å². The monoisotopic (exact) mass is 192 g/mol. The van der Waals surface area contributed by atoms with Gasteiger partial charge >= 0.3 is 0 Å². The summed E-state index contributed by atoms with van der Waals surface area (Å²) in [5.41, 5.74) is 4.40. The summed E-state index contributed by atoms with van der Waals surface area (Å²) in [5.74, 6) is 0. The van der Waals surface area contributed by atoms with Gasteiger partial charge in [0, 0.05) is 38.1 Å². The largest absolute Gasteiger partial charge is 0.376 e. The predicted molar refractivity (Wildman–Crippen MR) is 59.4 cm³/mol. The molecule has 1 rings (SSSR count). The highest BCUT2D eigenvalue weighted by molar-refractivity contribution is 5.54. The third-order valence-corrected chi connectivity index (χ3v) is 1.74. The summed E-state index contributed by atoms with van der Waals surface area (Å²) in [6, 6.07) is 0. The second kappa shape index (κ2) is 5.85. The van der Waals surface area contributed by atoms with Crippen molar-refractivity contribution in [2.45, 2.75) is 6.42 Å². The Morgan fingerprint density at radius 3 is 3.29 bits per heavy atom. The third-order valence-electron chi connectivity index (χ3n) is 1.74. The average Bonchev–Trinajstić information content (AvgIpc) is 2.18. The number of nitrogens with zero attached hydrogens (tertiary/aromatic N) is 2. The van der Waals surface area contributed by atoms with Crippen LogP contribution < -0.4 is 10.7 Å². The van der Waals surface area contributed by atoms with Gasteiger partial charge in [0.05, 0.1) is 6.34 Å². The highest BCUT2D eigenvalue weighted by Gasteiger charge is 2.00. The third kappa shape index (κ3) is 3.80. The van der Waals surface area contributed by atoms with E-state index in [1.165, 1.54) is 11.9 Å². The van der Waals surface area contributed by atoms with E-state index in [4.69, 9.17) is 0 Å². The van der Waals surface area contributed by atoms with Gasteiger partial charge in [0.1, 0.15) is 0 Å². The minimum atomic E-state index is 0.859. The van der Waals surface area contributed by atoms with Crippen LogP contribution in [0.1, 0.15) is 6.42 Å². The molecule has 0 radical (unpaired) electrons. The molecule has 0 spiro atoms. The molecule has 0 fully saturated rings. The Bertz CT molecular complexity index is 265. The van der Waals surface area contributed by atoms with Gasteiger partial charge < -0.3 is 10.7 Å². The molecule has 0 saturated heterocycles. The van der Waals surface area contributed by atoms with Gasteiger partial charge in [-0.2, -0.15) is 0 Å². The molecular formula is C10H16N4. The van der Waals surface area contributed by atoms with Crippen LogP contribution in [0.3, 0.4) is 0 Å². The van der Waals surface area contributed by atoms with Crippen molar-refractivity contribution in [1.29, 1.82) is 0 Å². The fraction of sp³-hybridized carbons (Fsp3) is 0.300. The van der Waals surface area contributed by atoms with Gasteiger partial charge in [-0.05, 0) is 12.2 Å². The standard InChI is InChI=1S/C10H16N4/c1-3-11-9-12-7-6-10-5-4-8-14(2)13-10/h3-5,8-9,13H,1,6-7H2,2H3,(H,11,12). The van der Waals surface area contributed by atoms with Crippen LogP contribution in [0.2, 0.25) is 0 Å². The van der Waals surface area contributed by atoms with Gasteiger partial charge in [0.2, 0.25) is 0 Å². The van der Waals surface area contributed by atoms with Crippen molar-refractivity contribution < 1.29 is 0 Å². The summed E-state index contributed by atoms with van der Waals surface area (Å²) in [6.07, 6.45) is 10.1. The molecule has 0 aromatic heterocycles. The van der Waals surface area contributed by atoms with Gasteiger partial charge in [-0.15, -0.1) is 0 Å². The lowest BCUT2D eigenvalue weighted by Gasteiger charge is -2.22. The summed E-state index contributed by atoms with van der Waals surface area (Å²) >= 11 is 0. The molecule has 14 heavy (non-hydrogen) atoms. The van der Waals surface area contributed by atoms with Crippen LogP contribution in [0.25, 0.3) is 0 Å². The minimum absolute atomic E-state index is 0.859. The zero-order valence-corrected chi connectivity index (χ0v) is 8.40. The Kier molecular flexibility index (Phi) is 4.34. The Balaban J connectivity index is 2.18. The maximum Gasteiger partial charge on any atom is 0.0878 e. The van der Waals surface area contributed by atoms with Crippen LogP contribution in [-0.4, -0.2) is 24.9 Å². The van der Waals surface area contributed by atoms with Crippen LogP contribution in [0.5, 0.6) is 0 Å². The normalized spacial score (nSPS) is 15.2. The summed E-state index contributed by atoms with van der Waals surface area (Å²) in [6.45, 7) is 4.34. The second-order valence-electron chi connectivity index (χ2n) is 2.92. The van der Waals surface area contributed by atoms with E-state index < -0.39 is 0 Å². The average molecular weight is 192 g/mol. The molecule has 0 amide bonds. The molecule has 76 valence electrons. The highest BCUT2D eigenvalue weighted by Crippen LogP contribution is 2.02. The van der Waals surface area contributed by atoms with Crippen molar-refractivity contribution >= 4 is 6.34 Å². The van der Waals surface area contributed by atoms with Gasteiger partial charge in [0.25, 0.3) is 0 Å². The first-order chi connectivity index (χ1) is 6.83. The summed E-state index contributed by atoms with van der Waals surface area (Å²) in [5, 5.41) is 4.99. The smallest absolute Gasteiger partial charge is 0.0878 e. The van der Waals surface area contributed by atoms with Gasteiger partial charge in [-0.25, -0.2) is 4.99 Å². The maximum atomic E-state index is 3.83. The lowest BCUT2D eigenvalue weighted by atomic mass is 10.3. The summed E-state index contributed by atoms with van der Waals surface area (Å²) in [4.78, 5) is 3.83. The van der Waals surface area contributed by atoms with Crippen LogP contribution in [0.15, 0.2) is 41.8 Å². The topological polar surface area (TPSA) is 39.7 Å².